The Morgan fingerprint density at radius 1 is 0.684 bits per heavy atom. The Labute approximate surface area is 480 Å². The number of thioether (sulfide) groups is 1. The summed E-state index contributed by atoms with van der Waals surface area (Å²) in [7, 11) is 0. The van der Waals surface area contributed by atoms with Gasteiger partial charge in [-0.3, -0.25) is 19.2 Å². The molecule has 0 spiro atoms. The number of phenolic OH excluding ortho intramolecular Hbond substituents is 2. The molecule has 6 rings (SSSR count). The van der Waals surface area contributed by atoms with Crippen molar-refractivity contribution < 1.29 is 34.2 Å². The van der Waals surface area contributed by atoms with Crippen molar-refractivity contribution in [1.29, 1.82) is 0 Å². The predicted molar refractivity (Wildman–Crippen MR) is 333 cm³/mol. The molecule has 2 saturated heterocycles. The number of hydrogen-bond acceptors (Lipinski definition) is 9. The fraction of sp³-hybridized carbons (Fsp3) is 0.621. The fourth-order valence-corrected chi connectivity index (χ4v) is 10.7. The minimum atomic E-state index is -0.527. The van der Waals surface area contributed by atoms with Gasteiger partial charge in [-0.1, -0.05) is 155 Å². The Morgan fingerprint density at radius 2 is 1.22 bits per heavy atom. The monoisotopic (exact) mass is 1110 g/mol. The molecule has 2 aromatic heterocycles. The lowest BCUT2D eigenvalue weighted by Crippen LogP contribution is -2.40. The summed E-state index contributed by atoms with van der Waals surface area (Å²) in [6.07, 6.45) is 23.4. The lowest BCUT2D eigenvalue weighted by Gasteiger charge is -2.23. The molecule has 2 aliphatic heterocycles. The molecule has 0 unspecified atom stereocenters. The SMILES string of the molecule is CC(C)(C)C(=O)CCCC[C@@H]1SC[C@@H]2NC(=O)N[C@@H]21.CC(C)(C)C(=O)[C@@H](N)Cc1c[nH]c2ccc(O)cc12.CC(C)(C)CCCc1c[nH]c2ccc(O)cc12.CC/C=C\CC(=O)C(C)(C)C.CC/C=C\CC(C)(C)C(=O)C(C)C. The maximum absolute atomic E-state index is 12.1. The second-order valence-electron chi connectivity index (χ2n) is 26.7. The highest BCUT2D eigenvalue weighted by molar-refractivity contribution is 8.00. The van der Waals surface area contributed by atoms with Gasteiger partial charge in [0.1, 0.15) is 28.8 Å². The molecule has 13 heteroatoms. The van der Waals surface area contributed by atoms with E-state index in [4.69, 9.17) is 5.73 Å². The maximum atomic E-state index is 12.1. The zero-order valence-electron chi connectivity index (χ0n) is 51.9. The van der Waals surface area contributed by atoms with Gasteiger partial charge in [0.15, 0.2) is 5.78 Å². The van der Waals surface area contributed by atoms with Gasteiger partial charge >= 0.3 is 6.03 Å². The normalized spacial score (nSPS) is 16.9. The second-order valence-corrected chi connectivity index (χ2v) is 28.0. The van der Waals surface area contributed by atoms with Crippen molar-refractivity contribution in [2.75, 3.05) is 5.75 Å². The van der Waals surface area contributed by atoms with Crippen molar-refractivity contribution in [3.05, 3.63) is 84.2 Å². The van der Waals surface area contributed by atoms with E-state index in [9.17, 15) is 34.2 Å². The van der Waals surface area contributed by atoms with Crippen LogP contribution in [0.5, 0.6) is 11.5 Å². The lowest BCUT2D eigenvalue weighted by atomic mass is 9.79. The Morgan fingerprint density at radius 3 is 1.72 bits per heavy atom. The van der Waals surface area contributed by atoms with Crippen LogP contribution >= 0.6 is 11.8 Å². The minimum absolute atomic E-state index is 0.0248. The number of fused-ring (bicyclic) bond motifs is 3. The van der Waals surface area contributed by atoms with Crippen LogP contribution in [0, 0.1) is 33.0 Å². The first-order chi connectivity index (χ1) is 36.5. The molecule has 2 aromatic carbocycles. The lowest BCUT2D eigenvalue weighted by molar-refractivity contribution is -0.130. The van der Waals surface area contributed by atoms with Crippen LogP contribution in [0.15, 0.2) is 73.1 Å². The molecule has 79 heavy (non-hydrogen) atoms. The van der Waals surface area contributed by atoms with Crippen molar-refractivity contribution in [3.8, 4) is 11.5 Å². The van der Waals surface area contributed by atoms with Gasteiger partial charge in [-0.25, -0.2) is 4.79 Å². The van der Waals surface area contributed by atoms with Crippen LogP contribution in [0.1, 0.15) is 200 Å². The van der Waals surface area contributed by atoms with E-state index in [0.29, 0.717) is 59.1 Å². The third kappa shape index (κ3) is 25.0. The Balaban J connectivity index is 0.000000343. The van der Waals surface area contributed by atoms with Gasteiger partial charge in [0.25, 0.3) is 0 Å². The van der Waals surface area contributed by atoms with Crippen molar-refractivity contribution in [2.45, 2.75) is 225 Å². The fourth-order valence-electron chi connectivity index (χ4n) is 9.14. The Bertz CT molecular complexity index is 2610. The van der Waals surface area contributed by atoms with E-state index in [1.807, 2.05) is 138 Å². The number of urea groups is 1. The van der Waals surface area contributed by atoms with E-state index >= 15 is 0 Å². The third-order valence-electron chi connectivity index (χ3n) is 14.1. The summed E-state index contributed by atoms with van der Waals surface area (Å²) >= 11 is 1.94. The number of amides is 2. The molecule has 2 fully saturated rings. The van der Waals surface area contributed by atoms with E-state index in [1.165, 1.54) is 18.4 Å². The number of carbonyl (C=O) groups is 5. The van der Waals surface area contributed by atoms with Crippen molar-refractivity contribution in [3.63, 3.8) is 0 Å². The molecular formula is C66H105N5O7S. The maximum Gasteiger partial charge on any atom is 0.315 e. The van der Waals surface area contributed by atoms with Crippen LogP contribution in [0.2, 0.25) is 0 Å². The van der Waals surface area contributed by atoms with Gasteiger partial charge in [-0.2, -0.15) is 11.8 Å². The third-order valence-corrected chi connectivity index (χ3v) is 15.6. The van der Waals surface area contributed by atoms with Crippen LogP contribution in [0.4, 0.5) is 4.79 Å². The van der Waals surface area contributed by atoms with E-state index in [2.05, 4.69) is 73.6 Å². The number of benzene rings is 2. The van der Waals surface area contributed by atoms with Gasteiger partial charge in [0.2, 0.25) is 0 Å². The quantitative estimate of drug-likeness (QED) is 0.0270. The van der Waals surface area contributed by atoms with Gasteiger partial charge in [-0.15, -0.1) is 0 Å². The molecule has 4 atom stereocenters. The summed E-state index contributed by atoms with van der Waals surface area (Å²) in [5, 5.41) is 27.6. The largest absolute Gasteiger partial charge is 0.508 e. The molecule has 0 saturated carbocycles. The van der Waals surface area contributed by atoms with Crippen LogP contribution < -0.4 is 16.4 Å². The van der Waals surface area contributed by atoms with Gasteiger partial charge < -0.3 is 36.5 Å². The molecule has 12 nitrogen and oxygen atoms in total. The number of phenols is 2. The number of H-pyrrole nitrogens is 2. The molecule has 442 valence electrons. The zero-order valence-corrected chi connectivity index (χ0v) is 52.7. The number of aromatic nitrogens is 2. The number of aromatic amines is 2. The van der Waals surface area contributed by atoms with E-state index in [-0.39, 0.29) is 45.8 Å². The molecule has 8 N–H and O–H groups in total. The van der Waals surface area contributed by atoms with E-state index < -0.39 is 11.5 Å². The van der Waals surface area contributed by atoms with Gasteiger partial charge in [0.05, 0.1) is 18.1 Å². The van der Waals surface area contributed by atoms with Gasteiger partial charge in [-0.05, 0) is 111 Å². The Kier molecular flexibility index (Phi) is 28.1. The number of rotatable bonds is 19. The van der Waals surface area contributed by atoms with Crippen molar-refractivity contribution >= 4 is 62.7 Å². The second kappa shape index (κ2) is 31.7. The summed E-state index contributed by atoms with van der Waals surface area (Å²) in [5.41, 5.74) is 9.67. The summed E-state index contributed by atoms with van der Waals surface area (Å²) in [6, 6.07) is 10.7. The number of hydrogen-bond donors (Lipinski definition) is 7. The smallest absolute Gasteiger partial charge is 0.315 e. The highest BCUT2D eigenvalue weighted by Crippen LogP contribution is 2.34. The van der Waals surface area contributed by atoms with Crippen LogP contribution in [-0.4, -0.2) is 78.5 Å². The molecule has 2 amide bonds. The van der Waals surface area contributed by atoms with Crippen molar-refractivity contribution in [1.82, 2.24) is 20.6 Å². The zero-order chi connectivity index (χ0) is 60.1. The summed E-state index contributed by atoms with van der Waals surface area (Å²) < 4.78 is 0. The molecule has 0 bridgehead atoms. The number of unbranched alkanes of at least 4 members (excludes halogenated alkanes) is 1. The number of nitrogens with two attached hydrogens (primary N) is 1. The van der Waals surface area contributed by atoms with Crippen LogP contribution in [0.3, 0.4) is 0 Å². The number of aromatic hydroxyl groups is 2. The molecule has 0 aliphatic carbocycles. The standard InChI is InChI=1S/C15H20N2O2.C15H21NO.C14H24N2O2S.C12H22O.C10H18O/c1-15(2,3)14(19)12(16)6-9-8-17-13-5-4-10(18)7-11(9)13;1-15(2,3)8-4-5-11-10-16-14-7-6-12(17)9-13(11)14;1-14(2,3)11(17)7-5-4-6-10-12-9(8-19-10)15-13(18)16-12;1-6-7-8-9-12(4,5)11(13)10(2)3;1-5-6-7-8-9(11)10(2,3)4/h4-5,7-8,12,17-18H,6,16H2,1-3H3;6-7,9-10,16-17H,4-5,8H2,1-3H3;9-10,12H,4-8H2,1-3H3,(H2,15,16,18);7-8,10H,6,9H2,1-5H3;6-7H,5,8H2,1-4H3/b;;;8-7-;7-6-/t12-;;9-,10-,12-;;/m0.0../s1. The predicted octanol–water partition coefficient (Wildman–Crippen LogP) is 15.5. The minimum Gasteiger partial charge on any atom is -0.508 e. The molecular weight excluding hydrogens is 1010 g/mol. The molecule has 0 radical (unpaired) electrons. The highest BCUT2D eigenvalue weighted by atomic mass is 32.2. The number of nitrogens with one attached hydrogen (secondary N) is 4. The topological polar surface area (TPSA) is 207 Å². The number of carbonyl (C=O) groups excluding carboxylic acids is 5. The van der Waals surface area contributed by atoms with Gasteiger partial charge in [0, 0.05) is 85.6 Å². The average Bonchev–Trinajstić information content (AvgIpc) is 4.14. The molecule has 2 aliphatic rings. The summed E-state index contributed by atoms with van der Waals surface area (Å²) in [4.78, 5) is 64.6. The van der Waals surface area contributed by atoms with Crippen LogP contribution in [-0.2, 0) is 32.0 Å². The molecule has 4 heterocycles. The molecule has 4 aromatic rings. The Hall–Kier alpha value is -5.14. The van der Waals surface area contributed by atoms with Crippen molar-refractivity contribution in [2.24, 2.45) is 38.7 Å². The van der Waals surface area contributed by atoms with Crippen LogP contribution in [0.25, 0.3) is 21.8 Å². The highest BCUT2D eigenvalue weighted by Gasteiger charge is 2.42. The number of allylic oxidation sites excluding steroid dienone is 4. The first-order valence-electron chi connectivity index (χ1n) is 29.0. The number of Topliss-reactive ketones (excluding diaryl/α,β-unsaturated/α-hetero) is 4. The number of ketones is 4. The number of aryl methyl sites for hydroxylation is 1. The van der Waals surface area contributed by atoms with E-state index in [0.717, 1.165) is 78.1 Å². The first-order valence-corrected chi connectivity index (χ1v) is 30.0. The first kappa shape index (κ1) is 70.0. The average molecular weight is 1110 g/mol. The van der Waals surface area contributed by atoms with E-state index in [1.54, 1.807) is 18.2 Å². The summed E-state index contributed by atoms with van der Waals surface area (Å²) in [6.45, 7) is 36.4. The summed E-state index contributed by atoms with van der Waals surface area (Å²) in [5.74, 6) is 2.76.